The predicted molar refractivity (Wildman–Crippen MR) is 56.7 cm³/mol. The lowest BCUT2D eigenvalue weighted by Gasteiger charge is -2.22. The molecule has 2 heteroatoms. The van der Waals surface area contributed by atoms with E-state index in [0.29, 0.717) is 6.10 Å². The van der Waals surface area contributed by atoms with Crippen LogP contribution >= 0.6 is 15.9 Å². The second-order valence-electron chi connectivity index (χ2n) is 3.41. The van der Waals surface area contributed by atoms with Crippen LogP contribution in [0.1, 0.15) is 30.9 Å². The molecule has 0 aromatic heterocycles. The molecule has 1 aromatic carbocycles. The van der Waals surface area contributed by atoms with Crippen LogP contribution in [0.25, 0.3) is 0 Å². The Balaban J connectivity index is 2.10. The molecule has 2 rings (SSSR count). The van der Waals surface area contributed by atoms with Crippen molar-refractivity contribution in [3.8, 4) is 0 Å². The first-order valence-corrected chi connectivity index (χ1v) is 5.52. The maximum atomic E-state index is 5.69. The minimum Gasteiger partial charge on any atom is -0.374 e. The van der Waals surface area contributed by atoms with Crippen molar-refractivity contribution in [2.75, 3.05) is 6.61 Å². The fraction of sp³-hybridized carbons (Fsp3) is 0.455. The molecule has 1 aliphatic heterocycles. The van der Waals surface area contributed by atoms with E-state index in [9.17, 15) is 0 Å². The van der Waals surface area contributed by atoms with Crippen molar-refractivity contribution in [2.45, 2.75) is 25.4 Å². The fourth-order valence-corrected chi connectivity index (χ4v) is 1.95. The average molecular weight is 241 g/mol. The van der Waals surface area contributed by atoms with Gasteiger partial charge >= 0.3 is 0 Å². The van der Waals surface area contributed by atoms with E-state index in [1.165, 1.54) is 24.8 Å². The quantitative estimate of drug-likeness (QED) is 0.728. The molecule has 1 atom stereocenters. The Labute approximate surface area is 87.2 Å². The Kier molecular flexibility index (Phi) is 3.01. The van der Waals surface area contributed by atoms with Crippen LogP contribution < -0.4 is 0 Å². The number of halogens is 1. The van der Waals surface area contributed by atoms with Crippen LogP contribution in [-0.2, 0) is 4.74 Å². The molecule has 0 amide bonds. The lowest BCUT2D eigenvalue weighted by Crippen LogP contribution is -2.11. The predicted octanol–water partition coefficient (Wildman–Crippen LogP) is 3.69. The third-order valence-electron chi connectivity index (χ3n) is 2.42. The third kappa shape index (κ3) is 2.32. The van der Waals surface area contributed by atoms with Gasteiger partial charge < -0.3 is 4.74 Å². The van der Waals surface area contributed by atoms with Crippen LogP contribution in [0.4, 0.5) is 0 Å². The molecule has 0 bridgehead atoms. The van der Waals surface area contributed by atoms with Gasteiger partial charge in [0.2, 0.25) is 0 Å². The summed E-state index contributed by atoms with van der Waals surface area (Å²) < 4.78 is 6.82. The first kappa shape index (κ1) is 9.22. The summed E-state index contributed by atoms with van der Waals surface area (Å²) in [5, 5.41) is 0. The van der Waals surface area contributed by atoms with Crippen molar-refractivity contribution < 1.29 is 4.74 Å². The number of hydrogen-bond acceptors (Lipinski definition) is 1. The summed E-state index contributed by atoms with van der Waals surface area (Å²) in [6.07, 6.45) is 4.01. The molecular weight excluding hydrogens is 228 g/mol. The van der Waals surface area contributed by atoms with E-state index < -0.39 is 0 Å². The smallest absolute Gasteiger partial charge is 0.0824 e. The van der Waals surface area contributed by atoms with Gasteiger partial charge in [-0.25, -0.2) is 0 Å². The van der Waals surface area contributed by atoms with E-state index in [4.69, 9.17) is 4.74 Å². The number of hydrogen-bond donors (Lipinski definition) is 0. The van der Waals surface area contributed by atoms with Crippen LogP contribution in [0.3, 0.4) is 0 Å². The zero-order valence-electron chi connectivity index (χ0n) is 7.50. The van der Waals surface area contributed by atoms with Crippen molar-refractivity contribution in [2.24, 2.45) is 0 Å². The van der Waals surface area contributed by atoms with E-state index in [2.05, 4.69) is 40.2 Å². The van der Waals surface area contributed by atoms with Gasteiger partial charge in [0, 0.05) is 11.1 Å². The molecule has 0 radical (unpaired) electrons. The molecule has 0 unspecified atom stereocenters. The first-order valence-electron chi connectivity index (χ1n) is 4.73. The highest BCUT2D eigenvalue weighted by molar-refractivity contribution is 9.10. The molecular formula is C11H13BrO. The Bertz CT molecular complexity index is 262. The molecule has 0 spiro atoms. The van der Waals surface area contributed by atoms with Crippen molar-refractivity contribution in [1.29, 1.82) is 0 Å². The Morgan fingerprint density at radius 3 is 2.54 bits per heavy atom. The minimum atomic E-state index is 0.335. The molecule has 1 heterocycles. The van der Waals surface area contributed by atoms with Crippen LogP contribution in [0, 0.1) is 0 Å². The fourth-order valence-electron chi connectivity index (χ4n) is 1.68. The van der Waals surface area contributed by atoms with Gasteiger partial charge in [0.1, 0.15) is 0 Å². The van der Waals surface area contributed by atoms with Gasteiger partial charge in [-0.05, 0) is 37.0 Å². The topological polar surface area (TPSA) is 9.23 Å². The average Bonchev–Trinajstić information content (AvgIpc) is 2.20. The van der Waals surface area contributed by atoms with Crippen molar-refractivity contribution in [3.05, 3.63) is 34.3 Å². The van der Waals surface area contributed by atoms with Gasteiger partial charge in [0.15, 0.2) is 0 Å². The number of ether oxygens (including phenoxy) is 1. The van der Waals surface area contributed by atoms with Crippen molar-refractivity contribution >= 4 is 15.9 Å². The number of benzene rings is 1. The van der Waals surface area contributed by atoms with Gasteiger partial charge in [-0.3, -0.25) is 0 Å². The molecule has 1 fully saturated rings. The Morgan fingerprint density at radius 1 is 1.15 bits per heavy atom. The van der Waals surface area contributed by atoms with Crippen LogP contribution in [0.2, 0.25) is 0 Å². The second kappa shape index (κ2) is 4.25. The second-order valence-corrected chi connectivity index (χ2v) is 4.32. The summed E-state index contributed by atoms with van der Waals surface area (Å²) in [7, 11) is 0. The summed E-state index contributed by atoms with van der Waals surface area (Å²) in [6, 6.07) is 8.43. The zero-order valence-corrected chi connectivity index (χ0v) is 9.09. The molecule has 1 aliphatic rings. The summed E-state index contributed by atoms with van der Waals surface area (Å²) in [5.41, 5.74) is 1.31. The van der Waals surface area contributed by atoms with Gasteiger partial charge in [-0.15, -0.1) is 0 Å². The Hall–Kier alpha value is -0.340. The number of rotatable bonds is 1. The van der Waals surface area contributed by atoms with Crippen LogP contribution in [-0.4, -0.2) is 6.61 Å². The lowest BCUT2D eigenvalue weighted by atomic mass is 10.0. The highest BCUT2D eigenvalue weighted by Gasteiger charge is 2.15. The Morgan fingerprint density at radius 2 is 1.92 bits per heavy atom. The third-order valence-corrected chi connectivity index (χ3v) is 2.95. The SMILES string of the molecule is Brc1ccc([C@@H]2CCCCO2)cc1. The first-order chi connectivity index (χ1) is 6.36. The molecule has 0 saturated carbocycles. The van der Waals surface area contributed by atoms with E-state index in [1.54, 1.807) is 0 Å². The van der Waals surface area contributed by atoms with E-state index >= 15 is 0 Å². The van der Waals surface area contributed by atoms with E-state index in [0.717, 1.165) is 11.1 Å². The van der Waals surface area contributed by atoms with Crippen molar-refractivity contribution in [3.63, 3.8) is 0 Å². The molecule has 0 aliphatic carbocycles. The highest BCUT2D eigenvalue weighted by atomic mass is 79.9. The summed E-state index contributed by atoms with van der Waals surface area (Å²) >= 11 is 3.43. The monoisotopic (exact) mass is 240 g/mol. The van der Waals surface area contributed by atoms with E-state index in [1.807, 2.05) is 0 Å². The lowest BCUT2D eigenvalue weighted by molar-refractivity contribution is 0.0149. The van der Waals surface area contributed by atoms with Gasteiger partial charge in [-0.1, -0.05) is 28.1 Å². The molecule has 0 N–H and O–H groups in total. The van der Waals surface area contributed by atoms with Gasteiger partial charge in [-0.2, -0.15) is 0 Å². The molecule has 1 saturated heterocycles. The summed E-state index contributed by atoms with van der Waals surface area (Å²) in [6.45, 7) is 0.917. The normalized spacial score (nSPS) is 23.0. The van der Waals surface area contributed by atoms with Crippen LogP contribution in [0.5, 0.6) is 0 Å². The molecule has 1 nitrogen and oxygen atoms in total. The van der Waals surface area contributed by atoms with Gasteiger partial charge in [0.25, 0.3) is 0 Å². The van der Waals surface area contributed by atoms with Gasteiger partial charge in [0.05, 0.1) is 6.10 Å². The molecule has 1 aromatic rings. The largest absolute Gasteiger partial charge is 0.374 e. The standard InChI is InChI=1S/C11H13BrO/c12-10-6-4-9(5-7-10)11-3-1-2-8-13-11/h4-7,11H,1-3,8H2/t11-/m0/s1. The van der Waals surface area contributed by atoms with Crippen molar-refractivity contribution in [1.82, 2.24) is 0 Å². The minimum absolute atomic E-state index is 0.335. The molecule has 13 heavy (non-hydrogen) atoms. The summed E-state index contributed by atoms with van der Waals surface area (Å²) in [5.74, 6) is 0. The molecule has 70 valence electrons. The maximum Gasteiger partial charge on any atom is 0.0824 e. The zero-order chi connectivity index (χ0) is 9.10. The van der Waals surface area contributed by atoms with Crippen LogP contribution in [0.15, 0.2) is 28.7 Å². The highest BCUT2D eigenvalue weighted by Crippen LogP contribution is 2.28. The van der Waals surface area contributed by atoms with E-state index in [-0.39, 0.29) is 0 Å². The maximum absolute atomic E-state index is 5.69. The summed E-state index contributed by atoms with van der Waals surface area (Å²) in [4.78, 5) is 0.